The van der Waals surface area contributed by atoms with Crippen LogP contribution >= 0.6 is 11.6 Å². The molecule has 2 N–H and O–H groups in total. The summed E-state index contributed by atoms with van der Waals surface area (Å²) in [6.45, 7) is 4.00. The van der Waals surface area contributed by atoms with Crippen molar-refractivity contribution in [1.29, 1.82) is 0 Å². The minimum atomic E-state index is -1.04. The Hall–Kier alpha value is -3.13. The summed E-state index contributed by atoms with van der Waals surface area (Å²) < 4.78 is 2.84. The second-order valence-corrected chi connectivity index (χ2v) is 6.57. The van der Waals surface area contributed by atoms with Crippen LogP contribution in [0.15, 0.2) is 42.7 Å². The van der Waals surface area contributed by atoms with E-state index in [0.717, 1.165) is 5.56 Å². The van der Waals surface area contributed by atoms with Gasteiger partial charge in [0.2, 0.25) is 0 Å². The lowest BCUT2D eigenvalue weighted by atomic mass is 10.1. The van der Waals surface area contributed by atoms with Crippen molar-refractivity contribution in [3.8, 4) is 0 Å². The van der Waals surface area contributed by atoms with Crippen molar-refractivity contribution in [1.82, 2.24) is 19.6 Å². The van der Waals surface area contributed by atoms with Crippen LogP contribution in [0.3, 0.4) is 0 Å². The number of benzene rings is 1. The molecule has 8 nitrogen and oxygen atoms in total. The number of aromatic nitrogens is 4. The van der Waals surface area contributed by atoms with Gasteiger partial charge in [0.05, 0.1) is 6.54 Å². The van der Waals surface area contributed by atoms with Crippen molar-refractivity contribution in [3.05, 3.63) is 64.6 Å². The summed E-state index contributed by atoms with van der Waals surface area (Å²) in [7, 11) is 0. The van der Waals surface area contributed by atoms with Crippen molar-refractivity contribution in [2.24, 2.45) is 0 Å². The molecule has 0 aliphatic carbocycles. The van der Waals surface area contributed by atoms with E-state index < -0.39 is 17.9 Å². The molecule has 27 heavy (non-hydrogen) atoms. The monoisotopic (exact) mass is 387 g/mol. The van der Waals surface area contributed by atoms with Gasteiger partial charge in [-0.25, -0.2) is 4.79 Å². The summed E-state index contributed by atoms with van der Waals surface area (Å²) in [5, 5.41) is 20.2. The topological polar surface area (TPSA) is 102 Å². The van der Waals surface area contributed by atoms with Crippen molar-refractivity contribution < 1.29 is 14.7 Å². The van der Waals surface area contributed by atoms with E-state index in [9.17, 15) is 9.59 Å². The molecule has 0 saturated heterocycles. The van der Waals surface area contributed by atoms with Crippen LogP contribution in [0.4, 0.5) is 5.82 Å². The van der Waals surface area contributed by atoms with E-state index in [4.69, 9.17) is 16.7 Å². The molecule has 3 aromatic rings. The lowest BCUT2D eigenvalue weighted by molar-refractivity contribution is -0.140. The SMILES string of the molecule is Cc1ccc(Cn2cc(Cl)c(NC(=O)c3ccn(C(C)C(=O)O)n3)n2)cc1. The molecule has 140 valence electrons. The quantitative estimate of drug-likeness (QED) is 0.677. The lowest BCUT2D eigenvalue weighted by Gasteiger charge is -2.05. The van der Waals surface area contributed by atoms with Gasteiger partial charge in [0.15, 0.2) is 11.5 Å². The highest BCUT2D eigenvalue weighted by molar-refractivity contribution is 6.33. The van der Waals surface area contributed by atoms with Crippen molar-refractivity contribution in [3.63, 3.8) is 0 Å². The Balaban J connectivity index is 1.70. The molecular formula is C18H18ClN5O3. The predicted molar refractivity (Wildman–Crippen MR) is 100 cm³/mol. The van der Waals surface area contributed by atoms with Crippen molar-refractivity contribution in [2.75, 3.05) is 5.32 Å². The van der Waals surface area contributed by atoms with E-state index in [1.165, 1.54) is 29.4 Å². The van der Waals surface area contributed by atoms with Gasteiger partial charge in [-0.2, -0.15) is 10.2 Å². The van der Waals surface area contributed by atoms with E-state index in [1.54, 1.807) is 10.9 Å². The largest absolute Gasteiger partial charge is 0.480 e. The van der Waals surface area contributed by atoms with Gasteiger partial charge < -0.3 is 10.4 Å². The number of halogens is 1. The molecule has 0 bridgehead atoms. The van der Waals surface area contributed by atoms with Crippen LogP contribution in [0.2, 0.25) is 5.02 Å². The highest BCUT2D eigenvalue weighted by Crippen LogP contribution is 2.21. The van der Waals surface area contributed by atoms with Gasteiger partial charge in [0.1, 0.15) is 11.1 Å². The van der Waals surface area contributed by atoms with Crippen molar-refractivity contribution in [2.45, 2.75) is 26.4 Å². The number of carbonyl (C=O) groups excluding carboxylic acids is 1. The summed E-state index contributed by atoms with van der Waals surface area (Å²) in [5.74, 6) is -1.34. The highest BCUT2D eigenvalue weighted by Gasteiger charge is 2.18. The van der Waals surface area contributed by atoms with E-state index in [-0.39, 0.29) is 11.5 Å². The van der Waals surface area contributed by atoms with E-state index in [0.29, 0.717) is 11.6 Å². The third-order valence-electron chi connectivity index (χ3n) is 4.01. The third kappa shape index (κ3) is 4.35. The number of carboxylic acid groups (broad SMARTS) is 1. The van der Waals surface area contributed by atoms with Gasteiger partial charge in [-0.05, 0) is 25.5 Å². The number of hydrogen-bond donors (Lipinski definition) is 2. The van der Waals surface area contributed by atoms with E-state index in [1.807, 2.05) is 31.2 Å². The number of aryl methyl sites for hydroxylation is 1. The van der Waals surface area contributed by atoms with Crippen molar-refractivity contribution >= 4 is 29.3 Å². The van der Waals surface area contributed by atoms with Crippen LogP contribution in [0.1, 0.15) is 34.6 Å². The molecule has 9 heteroatoms. The van der Waals surface area contributed by atoms with Crippen LogP contribution < -0.4 is 5.32 Å². The summed E-state index contributed by atoms with van der Waals surface area (Å²) in [4.78, 5) is 23.3. The number of nitrogens with zero attached hydrogens (tertiary/aromatic N) is 4. The molecular weight excluding hydrogens is 370 g/mol. The molecule has 0 fully saturated rings. The number of amides is 1. The molecule has 1 atom stereocenters. The molecule has 1 aromatic carbocycles. The first-order valence-corrected chi connectivity index (χ1v) is 8.59. The Morgan fingerprint density at radius 3 is 2.59 bits per heavy atom. The summed E-state index contributed by atoms with van der Waals surface area (Å²) >= 11 is 6.16. The first-order chi connectivity index (χ1) is 12.8. The second kappa shape index (κ2) is 7.63. The summed E-state index contributed by atoms with van der Waals surface area (Å²) in [5.41, 5.74) is 2.30. The molecule has 0 radical (unpaired) electrons. The fourth-order valence-electron chi connectivity index (χ4n) is 2.40. The Labute approximate surface area is 160 Å². The number of anilines is 1. The average molecular weight is 388 g/mol. The minimum Gasteiger partial charge on any atom is -0.480 e. The van der Waals surface area contributed by atoms with E-state index >= 15 is 0 Å². The first kappa shape index (κ1) is 18.7. The number of carbonyl (C=O) groups is 2. The highest BCUT2D eigenvalue weighted by atomic mass is 35.5. The molecule has 1 amide bonds. The molecule has 0 aliphatic heterocycles. The number of rotatable bonds is 6. The lowest BCUT2D eigenvalue weighted by Crippen LogP contribution is -2.18. The van der Waals surface area contributed by atoms with Crippen LogP contribution in [0.25, 0.3) is 0 Å². The smallest absolute Gasteiger partial charge is 0.328 e. The van der Waals surface area contributed by atoms with Crippen LogP contribution in [0, 0.1) is 6.92 Å². The summed E-state index contributed by atoms with van der Waals surface area (Å²) in [6.07, 6.45) is 3.06. The molecule has 1 unspecified atom stereocenters. The normalized spacial score (nSPS) is 12.0. The molecule has 3 rings (SSSR count). The maximum absolute atomic E-state index is 12.3. The molecule has 0 spiro atoms. The van der Waals surface area contributed by atoms with Gasteiger partial charge in [-0.3, -0.25) is 14.2 Å². The van der Waals surface area contributed by atoms with Gasteiger partial charge >= 0.3 is 5.97 Å². The maximum Gasteiger partial charge on any atom is 0.328 e. The third-order valence-corrected chi connectivity index (χ3v) is 4.29. The van der Waals surface area contributed by atoms with Gasteiger partial charge in [0.25, 0.3) is 5.91 Å². The molecule has 2 heterocycles. The second-order valence-electron chi connectivity index (χ2n) is 6.16. The number of hydrogen-bond acceptors (Lipinski definition) is 4. The number of aliphatic carboxylic acids is 1. The molecule has 0 aliphatic rings. The van der Waals surface area contributed by atoms with Gasteiger partial charge in [-0.1, -0.05) is 41.4 Å². The fraction of sp³-hybridized carbons (Fsp3) is 0.222. The van der Waals surface area contributed by atoms with Crippen LogP contribution in [-0.2, 0) is 11.3 Å². The predicted octanol–water partition coefficient (Wildman–Crippen LogP) is 2.99. The maximum atomic E-state index is 12.3. The van der Waals surface area contributed by atoms with E-state index in [2.05, 4.69) is 15.5 Å². The van der Waals surface area contributed by atoms with Crippen LogP contribution in [0.5, 0.6) is 0 Å². The summed E-state index contributed by atoms with van der Waals surface area (Å²) in [6, 6.07) is 8.59. The zero-order valence-corrected chi connectivity index (χ0v) is 15.5. The Bertz CT molecular complexity index is 977. The zero-order chi connectivity index (χ0) is 19.6. The molecule has 0 saturated carbocycles. The Morgan fingerprint density at radius 2 is 1.93 bits per heavy atom. The number of nitrogens with one attached hydrogen (secondary N) is 1. The standard InChI is InChI=1S/C18H18ClN5O3/c1-11-3-5-13(6-4-11)9-23-10-14(19)16(22-23)20-17(25)15-7-8-24(21-15)12(2)18(26)27/h3-8,10,12H,9H2,1-2H3,(H,26,27)(H,20,22,25). The van der Waals surface area contributed by atoms with Crippen LogP contribution in [-0.4, -0.2) is 36.5 Å². The average Bonchev–Trinajstić information content (AvgIpc) is 3.24. The minimum absolute atomic E-state index is 0.0762. The zero-order valence-electron chi connectivity index (χ0n) is 14.8. The first-order valence-electron chi connectivity index (χ1n) is 8.21. The Kier molecular flexibility index (Phi) is 5.27. The van der Waals surface area contributed by atoms with Gasteiger partial charge in [0, 0.05) is 12.4 Å². The molecule has 2 aromatic heterocycles. The Morgan fingerprint density at radius 1 is 1.22 bits per heavy atom. The fourth-order valence-corrected chi connectivity index (χ4v) is 2.60. The number of carboxylic acids is 1. The van der Waals surface area contributed by atoms with Gasteiger partial charge in [-0.15, -0.1) is 0 Å².